The second kappa shape index (κ2) is 7.04. The number of nitrogens with one attached hydrogen (secondary N) is 1. The Morgan fingerprint density at radius 1 is 1.45 bits per heavy atom. The van der Waals surface area contributed by atoms with Gasteiger partial charge < -0.3 is 15.2 Å². The number of benzene rings is 1. The average Bonchev–Trinajstić information content (AvgIpc) is 2.40. The lowest BCUT2D eigenvalue weighted by Gasteiger charge is -2.28. The van der Waals surface area contributed by atoms with Crippen molar-refractivity contribution in [3.63, 3.8) is 0 Å². The molecule has 1 aliphatic carbocycles. The molecular weight excluding hydrogens is 329 g/mol. The molecule has 0 aromatic heterocycles. The van der Waals surface area contributed by atoms with E-state index < -0.39 is 6.10 Å². The molecule has 0 radical (unpaired) electrons. The van der Waals surface area contributed by atoms with Crippen LogP contribution in [0.1, 0.15) is 25.7 Å². The topological polar surface area (TPSA) is 58.6 Å². The van der Waals surface area contributed by atoms with Gasteiger partial charge in [-0.05, 0) is 47.0 Å². The van der Waals surface area contributed by atoms with Crippen LogP contribution in [0.5, 0.6) is 5.75 Å². The summed E-state index contributed by atoms with van der Waals surface area (Å²) in [4.78, 5) is 11.8. The summed E-state index contributed by atoms with van der Waals surface area (Å²) in [5, 5.41) is 12.5. The number of hydrogen-bond donors (Lipinski definition) is 2. The minimum atomic E-state index is -0.481. The van der Waals surface area contributed by atoms with E-state index in [0.717, 1.165) is 25.7 Å². The molecular formula is C14H17BrFNO3. The van der Waals surface area contributed by atoms with Crippen molar-refractivity contribution in [1.29, 1.82) is 0 Å². The molecule has 20 heavy (non-hydrogen) atoms. The second-order valence-corrected chi connectivity index (χ2v) is 5.74. The Bertz CT molecular complexity index is 483. The first-order valence-electron chi connectivity index (χ1n) is 6.61. The third kappa shape index (κ3) is 4.18. The zero-order chi connectivity index (χ0) is 14.5. The van der Waals surface area contributed by atoms with Crippen molar-refractivity contribution in [2.75, 3.05) is 6.61 Å². The highest BCUT2D eigenvalue weighted by Crippen LogP contribution is 2.25. The van der Waals surface area contributed by atoms with Crippen LogP contribution in [-0.4, -0.2) is 29.8 Å². The van der Waals surface area contributed by atoms with Gasteiger partial charge in [-0.1, -0.05) is 12.8 Å². The zero-order valence-electron chi connectivity index (χ0n) is 10.9. The van der Waals surface area contributed by atoms with E-state index >= 15 is 0 Å². The predicted octanol–water partition coefficient (Wildman–Crippen LogP) is 2.39. The second-order valence-electron chi connectivity index (χ2n) is 4.89. The van der Waals surface area contributed by atoms with Gasteiger partial charge >= 0.3 is 0 Å². The number of hydrogen-bond acceptors (Lipinski definition) is 3. The SMILES string of the molecule is O=C(COc1ccc(F)cc1Br)N[C@@H]1CCCC[C@H]1O. The van der Waals surface area contributed by atoms with Crippen molar-refractivity contribution in [2.45, 2.75) is 37.8 Å². The molecule has 1 aliphatic rings. The normalized spacial score (nSPS) is 22.4. The Labute approximate surface area is 125 Å². The summed E-state index contributed by atoms with van der Waals surface area (Å²) in [6.07, 6.45) is 3.02. The van der Waals surface area contributed by atoms with Gasteiger partial charge in [0.25, 0.3) is 5.91 Å². The van der Waals surface area contributed by atoms with Gasteiger partial charge in [-0.15, -0.1) is 0 Å². The predicted molar refractivity (Wildman–Crippen MR) is 76.0 cm³/mol. The fourth-order valence-electron chi connectivity index (χ4n) is 2.26. The largest absolute Gasteiger partial charge is 0.483 e. The van der Waals surface area contributed by atoms with Gasteiger partial charge in [-0.25, -0.2) is 4.39 Å². The Balaban J connectivity index is 1.82. The van der Waals surface area contributed by atoms with Gasteiger partial charge in [0.05, 0.1) is 16.6 Å². The van der Waals surface area contributed by atoms with E-state index in [1.54, 1.807) is 0 Å². The summed E-state index contributed by atoms with van der Waals surface area (Å²) in [6, 6.07) is 3.81. The summed E-state index contributed by atoms with van der Waals surface area (Å²) in [5.74, 6) is -0.253. The van der Waals surface area contributed by atoms with Gasteiger partial charge in [-0.2, -0.15) is 0 Å². The van der Waals surface area contributed by atoms with E-state index in [9.17, 15) is 14.3 Å². The molecule has 0 spiro atoms. The lowest BCUT2D eigenvalue weighted by atomic mass is 9.92. The zero-order valence-corrected chi connectivity index (χ0v) is 12.5. The van der Waals surface area contributed by atoms with Crippen LogP contribution in [0.4, 0.5) is 4.39 Å². The van der Waals surface area contributed by atoms with Gasteiger partial charge in [0.1, 0.15) is 11.6 Å². The molecule has 1 fully saturated rings. The highest BCUT2D eigenvalue weighted by molar-refractivity contribution is 9.10. The summed E-state index contributed by atoms with van der Waals surface area (Å²) in [5.41, 5.74) is 0. The van der Waals surface area contributed by atoms with E-state index in [1.807, 2.05) is 0 Å². The average molecular weight is 346 g/mol. The molecule has 2 rings (SSSR count). The van der Waals surface area contributed by atoms with Crippen LogP contribution in [0.15, 0.2) is 22.7 Å². The number of carbonyl (C=O) groups is 1. The van der Waals surface area contributed by atoms with Crippen molar-refractivity contribution in [3.8, 4) is 5.75 Å². The number of halogens is 2. The molecule has 0 bridgehead atoms. The summed E-state index contributed by atoms with van der Waals surface area (Å²) < 4.78 is 18.7. The molecule has 1 amide bonds. The van der Waals surface area contributed by atoms with Crippen molar-refractivity contribution < 1.29 is 19.0 Å². The smallest absolute Gasteiger partial charge is 0.258 e. The van der Waals surface area contributed by atoms with E-state index in [-0.39, 0.29) is 24.4 Å². The number of aliphatic hydroxyl groups excluding tert-OH is 1. The van der Waals surface area contributed by atoms with Crippen LogP contribution >= 0.6 is 15.9 Å². The van der Waals surface area contributed by atoms with E-state index in [1.165, 1.54) is 18.2 Å². The molecule has 4 nitrogen and oxygen atoms in total. The summed E-state index contributed by atoms with van der Waals surface area (Å²) in [7, 11) is 0. The molecule has 110 valence electrons. The minimum Gasteiger partial charge on any atom is -0.483 e. The van der Waals surface area contributed by atoms with Gasteiger partial charge in [0.2, 0.25) is 0 Å². The Morgan fingerprint density at radius 3 is 2.90 bits per heavy atom. The lowest BCUT2D eigenvalue weighted by molar-refractivity contribution is -0.125. The maximum Gasteiger partial charge on any atom is 0.258 e. The van der Waals surface area contributed by atoms with Crippen LogP contribution in [0.3, 0.4) is 0 Å². The van der Waals surface area contributed by atoms with Crippen LogP contribution < -0.4 is 10.1 Å². The van der Waals surface area contributed by atoms with Crippen LogP contribution in [-0.2, 0) is 4.79 Å². The van der Waals surface area contributed by atoms with Gasteiger partial charge in [0, 0.05) is 0 Å². The maximum absolute atomic E-state index is 12.9. The molecule has 1 aromatic rings. The molecule has 0 aliphatic heterocycles. The van der Waals surface area contributed by atoms with E-state index in [4.69, 9.17) is 4.74 Å². The lowest BCUT2D eigenvalue weighted by Crippen LogP contribution is -2.46. The quantitative estimate of drug-likeness (QED) is 0.880. The maximum atomic E-state index is 12.9. The Hall–Kier alpha value is -1.14. The third-order valence-corrected chi connectivity index (χ3v) is 3.95. The fraction of sp³-hybridized carbons (Fsp3) is 0.500. The van der Waals surface area contributed by atoms with Gasteiger partial charge in [-0.3, -0.25) is 4.79 Å². The first-order chi connectivity index (χ1) is 9.56. The van der Waals surface area contributed by atoms with Crippen LogP contribution in [0.2, 0.25) is 0 Å². The first kappa shape index (κ1) is 15.3. The Kier molecular flexibility index (Phi) is 5.37. The first-order valence-corrected chi connectivity index (χ1v) is 7.41. The number of amides is 1. The monoisotopic (exact) mass is 345 g/mol. The molecule has 2 N–H and O–H groups in total. The van der Waals surface area contributed by atoms with Crippen molar-refractivity contribution in [2.24, 2.45) is 0 Å². The highest BCUT2D eigenvalue weighted by Gasteiger charge is 2.24. The highest BCUT2D eigenvalue weighted by atomic mass is 79.9. The Morgan fingerprint density at radius 2 is 2.20 bits per heavy atom. The molecule has 6 heteroatoms. The number of carbonyl (C=O) groups excluding carboxylic acids is 1. The van der Waals surface area contributed by atoms with Crippen molar-refractivity contribution in [1.82, 2.24) is 5.32 Å². The molecule has 2 atom stereocenters. The van der Waals surface area contributed by atoms with Crippen molar-refractivity contribution >= 4 is 21.8 Å². The van der Waals surface area contributed by atoms with Crippen LogP contribution in [0, 0.1) is 5.82 Å². The minimum absolute atomic E-state index is 0.159. The molecule has 1 saturated carbocycles. The molecule has 0 heterocycles. The van der Waals surface area contributed by atoms with Crippen molar-refractivity contribution in [3.05, 3.63) is 28.5 Å². The van der Waals surface area contributed by atoms with Crippen LogP contribution in [0.25, 0.3) is 0 Å². The molecule has 1 aromatic carbocycles. The third-order valence-electron chi connectivity index (χ3n) is 3.33. The number of rotatable bonds is 4. The molecule has 0 saturated heterocycles. The molecule has 0 unspecified atom stereocenters. The standard InChI is InChI=1S/C14H17BrFNO3/c15-10-7-9(16)5-6-13(10)20-8-14(19)17-11-3-1-2-4-12(11)18/h5-7,11-12,18H,1-4,8H2,(H,17,19)/t11-,12-/m1/s1. The summed E-state index contributed by atoms with van der Waals surface area (Å²) >= 11 is 3.17. The van der Waals surface area contributed by atoms with E-state index in [0.29, 0.717) is 10.2 Å². The number of aliphatic hydroxyl groups is 1. The van der Waals surface area contributed by atoms with E-state index in [2.05, 4.69) is 21.2 Å². The fourth-order valence-corrected chi connectivity index (χ4v) is 2.73. The number of ether oxygens (including phenoxy) is 1. The van der Waals surface area contributed by atoms with Gasteiger partial charge in [0.15, 0.2) is 6.61 Å². The summed E-state index contributed by atoms with van der Waals surface area (Å²) in [6.45, 7) is -0.159.